The summed E-state index contributed by atoms with van der Waals surface area (Å²) < 4.78 is 6.19. The van der Waals surface area contributed by atoms with E-state index in [2.05, 4.69) is 26.2 Å². The predicted octanol–water partition coefficient (Wildman–Crippen LogP) is 3.90. The van der Waals surface area contributed by atoms with Crippen molar-refractivity contribution in [2.24, 2.45) is 0 Å². The van der Waals surface area contributed by atoms with E-state index in [-0.39, 0.29) is 5.97 Å². The van der Waals surface area contributed by atoms with Gasteiger partial charge in [0.05, 0.1) is 12.3 Å². The molecule has 1 saturated carbocycles. The Morgan fingerprint density at radius 1 is 1.43 bits per heavy atom. The summed E-state index contributed by atoms with van der Waals surface area (Å²) in [6, 6.07) is 5.94. The molecule has 0 unspecified atom stereocenters. The van der Waals surface area contributed by atoms with Crippen LogP contribution < -0.4 is 5.32 Å². The number of nitrogens with one attached hydrogen (secondary N) is 1. The van der Waals surface area contributed by atoms with Crippen molar-refractivity contribution in [2.45, 2.75) is 31.7 Å². The Labute approximate surface area is 132 Å². The number of halogens is 1. The molecule has 1 fully saturated rings. The summed E-state index contributed by atoms with van der Waals surface area (Å²) in [5.41, 5.74) is 0.346. The molecule has 0 atom stereocenters. The van der Waals surface area contributed by atoms with Crippen LogP contribution in [0.2, 0.25) is 0 Å². The van der Waals surface area contributed by atoms with Crippen LogP contribution in [0.5, 0.6) is 0 Å². The molecule has 0 bridgehead atoms. The summed E-state index contributed by atoms with van der Waals surface area (Å²) in [6.45, 7) is 2.24. The highest BCUT2D eigenvalue weighted by molar-refractivity contribution is 9.10. The molecular weight excluding hydrogens is 332 g/mol. The van der Waals surface area contributed by atoms with Crippen LogP contribution in [0.4, 0.5) is 5.69 Å². The lowest BCUT2D eigenvalue weighted by atomic mass is 9.76. The Bertz CT molecular complexity index is 683. The average Bonchev–Trinajstić information content (AvgIpc) is 2.45. The standard InChI is InChI=1S/C16H17BrN2O2/c1-2-21-15(20)16(7-3-8-16)19-14-12-6-9-18-10-11(12)4-5-13(14)17/h4-6,9-10,19H,2-3,7-8H2,1H3. The molecule has 1 aromatic carbocycles. The molecule has 0 saturated heterocycles. The molecule has 1 heterocycles. The van der Waals surface area contributed by atoms with Gasteiger partial charge in [0.2, 0.25) is 0 Å². The Hall–Kier alpha value is -1.62. The number of aromatic nitrogens is 1. The van der Waals surface area contributed by atoms with Gasteiger partial charge in [-0.3, -0.25) is 4.98 Å². The molecule has 21 heavy (non-hydrogen) atoms. The second-order valence-corrected chi connectivity index (χ2v) is 6.15. The summed E-state index contributed by atoms with van der Waals surface area (Å²) in [5, 5.41) is 5.53. The van der Waals surface area contributed by atoms with Crippen LogP contribution in [0.25, 0.3) is 10.8 Å². The van der Waals surface area contributed by atoms with Gasteiger partial charge in [-0.05, 0) is 54.2 Å². The summed E-state index contributed by atoms with van der Waals surface area (Å²) in [4.78, 5) is 16.4. The first-order valence-electron chi connectivity index (χ1n) is 7.14. The highest BCUT2D eigenvalue weighted by Crippen LogP contribution is 2.40. The molecular formula is C16H17BrN2O2. The van der Waals surface area contributed by atoms with Crippen molar-refractivity contribution in [1.82, 2.24) is 4.98 Å². The van der Waals surface area contributed by atoms with E-state index in [1.54, 1.807) is 6.20 Å². The summed E-state index contributed by atoms with van der Waals surface area (Å²) in [5.74, 6) is -0.158. The lowest BCUT2D eigenvalue weighted by Gasteiger charge is -2.41. The number of carbonyl (C=O) groups excluding carboxylic acids is 1. The van der Waals surface area contributed by atoms with E-state index in [9.17, 15) is 4.79 Å². The van der Waals surface area contributed by atoms with Gasteiger partial charge in [-0.25, -0.2) is 4.79 Å². The van der Waals surface area contributed by atoms with Crippen molar-refractivity contribution in [3.8, 4) is 0 Å². The third kappa shape index (κ3) is 2.50. The molecule has 0 spiro atoms. The molecule has 1 aliphatic rings. The minimum atomic E-state index is -0.587. The fraction of sp³-hybridized carbons (Fsp3) is 0.375. The highest BCUT2D eigenvalue weighted by atomic mass is 79.9. The van der Waals surface area contributed by atoms with Crippen LogP contribution in [-0.4, -0.2) is 23.1 Å². The van der Waals surface area contributed by atoms with Gasteiger partial charge < -0.3 is 10.1 Å². The molecule has 110 valence electrons. The van der Waals surface area contributed by atoms with E-state index >= 15 is 0 Å². The Balaban J connectivity index is 2.01. The van der Waals surface area contributed by atoms with E-state index < -0.39 is 5.54 Å². The molecule has 3 rings (SSSR count). The van der Waals surface area contributed by atoms with Crippen LogP contribution in [0.15, 0.2) is 35.1 Å². The number of pyridine rings is 1. The highest BCUT2D eigenvalue weighted by Gasteiger charge is 2.46. The molecule has 4 nitrogen and oxygen atoms in total. The second-order valence-electron chi connectivity index (χ2n) is 5.30. The monoisotopic (exact) mass is 348 g/mol. The first kappa shape index (κ1) is 14.3. The number of rotatable bonds is 4. The number of anilines is 1. The van der Waals surface area contributed by atoms with Crippen molar-refractivity contribution in [1.29, 1.82) is 0 Å². The predicted molar refractivity (Wildman–Crippen MR) is 86.3 cm³/mol. The lowest BCUT2D eigenvalue weighted by molar-refractivity contribution is -0.151. The zero-order chi connectivity index (χ0) is 14.9. The lowest BCUT2D eigenvalue weighted by Crippen LogP contribution is -2.53. The van der Waals surface area contributed by atoms with Gasteiger partial charge in [0.15, 0.2) is 0 Å². The zero-order valence-electron chi connectivity index (χ0n) is 11.9. The van der Waals surface area contributed by atoms with Crippen LogP contribution >= 0.6 is 15.9 Å². The van der Waals surface area contributed by atoms with Gasteiger partial charge in [-0.2, -0.15) is 0 Å². The summed E-state index contributed by atoms with van der Waals surface area (Å²) in [6.07, 6.45) is 6.23. The zero-order valence-corrected chi connectivity index (χ0v) is 13.4. The number of nitrogens with zero attached hydrogens (tertiary/aromatic N) is 1. The average molecular weight is 349 g/mol. The normalized spacial score (nSPS) is 16.3. The van der Waals surface area contributed by atoms with Gasteiger partial charge in [0.1, 0.15) is 5.54 Å². The fourth-order valence-corrected chi connectivity index (χ4v) is 3.13. The first-order valence-corrected chi connectivity index (χ1v) is 7.93. The topological polar surface area (TPSA) is 51.2 Å². The van der Waals surface area contributed by atoms with Crippen molar-refractivity contribution < 1.29 is 9.53 Å². The first-order chi connectivity index (χ1) is 10.2. The number of fused-ring (bicyclic) bond motifs is 1. The fourth-order valence-electron chi connectivity index (χ4n) is 2.69. The third-order valence-corrected chi connectivity index (χ3v) is 4.67. The number of esters is 1. The van der Waals surface area contributed by atoms with Gasteiger partial charge >= 0.3 is 5.97 Å². The number of carbonyl (C=O) groups is 1. The Kier molecular flexibility index (Phi) is 3.85. The molecule has 0 aliphatic heterocycles. The van der Waals surface area contributed by atoms with Crippen LogP contribution in [0, 0.1) is 0 Å². The molecule has 0 radical (unpaired) electrons. The molecule has 5 heteroatoms. The van der Waals surface area contributed by atoms with Crippen molar-refractivity contribution in [3.05, 3.63) is 35.1 Å². The smallest absolute Gasteiger partial charge is 0.331 e. The van der Waals surface area contributed by atoms with Gasteiger partial charge in [-0.1, -0.05) is 6.07 Å². The molecule has 1 N–H and O–H groups in total. The van der Waals surface area contributed by atoms with E-state index in [1.165, 1.54) is 0 Å². The van der Waals surface area contributed by atoms with Gasteiger partial charge in [-0.15, -0.1) is 0 Å². The quantitative estimate of drug-likeness (QED) is 0.851. The Morgan fingerprint density at radius 3 is 2.90 bits per heavy atom. The van der Waals surface area contributed by atoms with Crippen LogP contribution in [-0.2, 0) is 9.53 Å². The molecule has 1 aromatic heterocycles. The van der Waals surface area contributed by atoms with Crippen molar-refractivity contribution >= 4 is 38.4 Å². The van der Waals surface area contributed by atoms with Crippen LogP contribution in [0.1, 0.15) is 26.2 Å². The minimum absolute atomic E-state index is 0.158. The summed E-state index contributed by atoms with van der Waals surface area (Å²) >= 11 is 3.58. The number of hydrogen-bond donors (Lipinski definition) is 1. The third-order valence-electron chi connectivity index (χ3n) is 4.01. The van der Waals surface area contributed by atoms with Crippen LogP contribution in [0.3, 0.4) is 0 Å². The maximum absolute atomic E-state index is 12.3. The summed E-state index contributed by atoms with van der Waals surface area (Å²) in [7, 11) is 0. The SMILES string of the molecule is CCOC(=O)C1(Nc2c(Br)ccc3cnccc23)CCC1. The van der Waals surface area contributed by atoms with Crippen molar-refractivity contribution in [2.75, 3.05) is 11.9 Å². The molecule has 0 amide bonds. The van der Waals surface area contributed by atoms with Crippen molar-refractivity contribution in [3.63, 3.8) is 0 Å². The van der Waals surface area contributed by atoms with E-state index in [0.717, 1.165) is 40.2 Å². The number of hydrogen-bond acceptors (Lipinski definition) is 4. The number of benzene rings is 1. The second kappa shape index (κ2) is 5.64. The molecule has 1 aliphatic carbocycles. The maximum Gasteiger partial charge on any atom is 0.331 e. The minimum Gasteiger partial charge on any atom is -0.464 e. The maximum atomic E-state index is 12.3. The van der Waals surface area contributed by atoms with Gasteiger partial charge in [0.25, 0.3) is 0 Å². The van der Waals surface area contributed by atoms with E-state index in [4.69, 9.17) is 4.74 Å². The van der Waals surface area contributed by atoms with E-state index in [1.807, 2.05) is 31.3 Å². The number of ether oxygens (including phenoxy) is 1. The van der Waals surface area contributed by atoms with E-state index in [0.29, 0.717) is 6.61 Å². The largest absolute Gasteiger partial charge is 0.464 e. The van der Waals surface area contributed by atoms with Gasteiger partial charge in [0, 0.05) is 27.6 Å². The molecule has 2 aromatic rings. The Morgan fingerprint density at radius 2 is 2.24 bits per heavy atom.